The highest BCUT2D eigenvalue weighted by atomic mass is 16.5. The second-order valence-electron chi connectivity index (χ2n) is 8.23. The summed E-state index contributed by atoms with van der Waals surface area (Å²) in [5, 5.41) is 3.94. The highest BCUT2D eigenvalue weighted by molar-refractivity contribution is 5.92. The zero-order valence-electron chi connectivity index (χ0n) is 18.3. The summed E-state index contributed by atoms with van der Waals surface area (Å²) in [4.78, 5) is 26.2. The number of aromatic nitrogens is 1. The molecular weight excluding hydrogens is 406 g/mol. The van der Waals surface area contributed by atoms with E-state index in [9.17, 15) is 9.59 Å². The van der Waals surface area contributed by atoms with Gasteiger partial charge in [-0.3, -0.25) is 9.59 Å². The van der Waals surface area contributed by atoms with Crippen molar-refractivity contribution in [3.8, 4) is 5.75 Å². The second kappa shape index (κ2) is 9.26. The first kappa shape index (κ1) is 21.6. The Balaban J connectivity index is 1.35. The zero-order chi connectivity index (χ0) is 22.7. The summed E-state index contributed by atoms with van der Waals surface area (Å²) in [7, 11) is 0. The Bertz CT molecular complexity index is 1080. The number of amides is 2. The van der Waals surface area contributed by atoms with E-state index in [4.69, 9.17) is 15.0 Å². The maximum Gasteiger partial charge on any atom is 0.248 e. The number of rotatable bonds is 9. The Morgan fingerprint density at radius 2 is 1.72 bits per heavy atom. The van der Waals surface area contributed by atoms with Crippen LogP contribution in [-0.2, 0) is 24.4 Å². The first-order valence-electron chi connectivity index (χ1n) is 10.7. The molecular formula is C25H27N3O4. The number of carbonyl (C=O) groups excluding carboxylic acids is 2. The molecule has 3 aromatic rings. The second-order valence-corrected chi connectivity index (χ2v) is 8.23. The standard InChI is InChI=1S/C25H27N3O4/c1-16-23(17(2)32-27-16)15-31-22-11-5-18(6-12-22)13-24(29)28(21-9-10-21)14-19-3-7-20(8-4-19)25(26)30/h3-8,11-12,21H,9-10,13-15H2,1-2H3,(H2,26,30). The number of ether oxygens (including phenoxy) is 1. The van der Waals surface area contributed by atoms with Gasteiger partial charge in [-0.25, -0.2) is 0 Å². The first-order chi connectivity index (χ1) is 15.4. The number of carbonyl (C=O) groups is 2. The van der Waals surface area contributed by atoms with Gasteiger partial charge in [-0.2, -0.15) is 0 Å². The molecule has 0 spiro atoms. The minimum absolute atomic E-state index is 0.0934. The highest BCUT2D eigenvalue weighted by Gasteiger charge is 2.32. The zero-order valence-corrected chi connectivity index (χ0v) is 18.3. The number of nitrogens with zero attached hydrogens (tertiary/aromatic N) is 2. The van der Waals surface area contributed by atoms with Gasteiger partial charge in [0.1, 0.15) is 18.1 Å². The first-order valence-corrected chi connectivity index (χ1v) is 10.7. The number of benzene rings is 2. The predicted molar refractivity (Wildman–Crippen MR) is 119 cm³/mol. The van der Waals surface area contributed by atoms with Crippen molar-refractivity contribution in [1.29, 1.82) is 0 Å². The lowest BCUT2D eigenvalue weighted by Gasteiger charge is -2.23. The van der Waals surface area contributed by atoms with Crippen LogP contribution in [0.15, 0.2) is 53.1 Å². The van der Waals surface area contributed by atoms with Crippen LogP contribution >= 0.6 is 0 Å². The lowest BCUT2D eigenvalue weighted by molar-refractivity contribution is -0.131. The molecule has 7 heteroatoms. The van der Waals surface area contributed by atoms with Crippen LogP contribution in [0, 0.1) is 13.8 Å². The summed E-state index contributed by atoms with van der Waals surface area (Å²) in [6, 6.07) is 15.0. The molecule has 1 fully saturated rings. The molecule has 1 aliphatic carbocycles. The molecule has 32 heavy (non-hydrogen) atoms. The van der Waals surface area contributed by atoms with Gasteiger partial charge in [0, 0.05) is 18.2 Å². The summed E-state index contributed by atoms with van der Waals surface area (Å²) < 4.78 is 11.0. The van der Waals surface area contributed by atoms with Gasteiger partial charge in [-0.05, 0) is 62.1 Å². The normalized spacial score (nSPS) is 13.1. The molecule has 2 N–H and O–H groups in total. The average molecular weight is 434 g/mol. The van der Waals surface area contributed by atoms with E-state index >= 15 is 0 Å². The molecule has 1 heterocycles. The molecule has 1 aromatic heterocycles. The third-order valence-electron chi connectivity index (χ3n) is 5.74. The van der Waals surface area contributed by atoms with Crippen LogP contribution in [-0.4, -0.2) is 27.9 Å². The summed E-state index contributed by atoms with van der Waals surface area (Å²) in [5.74, 6) is 1.13. The highest BCUT2D eigenvalue weighted by Crippen LogP contribution is 2.29. The van der Waals surface area contributed by atoms with Gasteiger partial charge in [0.15, 0.2) is 0 Å². The molecule has 1 aliphatic rings. The number of hydrogen-bond donors (Lipinski definition) is 1. The third kappa shape index (κ3) is 5.17. The molecule has 0 bridgehead atoms. The quantitative estimate of drug-likeness (QED) is 0.555. The molecule has 166 valence electrons. The smallest absolute Gasteiger partial charge is 0.248 e. The van der Waals surface area contributed by atoms with Crippen molar-refractivity contribution in [2.75, 3.05) is 0 Å². The van der Waals surface area contributed by atoms with Crippen LogP contribution in [0.5, 0.6) is 5.75 Å². The van der Waals surface area contributed by atoms with E-state index in [2.05, 4.69) is 5.16 Å². The van der Waals surface area contributed by atoms with E-state index in [1.165, 1.54) is 0 Å². The molecule has 1 saturated carbocycles. The molecule has 4 rings (SSSR count). The van der Waals surface area contributed by atoms with Crippen LogP contribution in [0.1, 0.15) is 51.3 Å². The van der Waals surface area contributed by atoms with Crippen molar-refractivity contribution in [2.24, 2.45) is 5.73 Å². The van der Waals surface area contributed by atoms with Crippen LogP contribution in [0.25, 0.3) is 0 Å². The molecule has 7 nitrogen and oxygen atoms in total. The molecule has 0 unspecified atom stereocenters. The van der Waals surface area contributed by atoms with Crippen molar-refractivity contribution in [2.45, 2.75) is 52.3 Å². The summed E-state index contributed by atoms with van der Waals surface area (Å²) in [6.07, 6.45) is 2.39. The van der Waals surface area contributed by atoms with Gasteiger partial charge in [0.25, 0.3) is 0 Å². The molecule has 2 amide bonds. The van der Waals surface area contributed by atoms with Crippen LogP contribution in [0.2, 0.25) is 0 Å². The Morgan fingerprint density at radius 1 is 1.06 bits per heavy atom. The van der Waals surface area contributed by atoms with Crippen molar-refractivity contribution in [3.63, 3.8) is 0 Å². The van der Waals surface area contributed by atoms with E-state index < -0.39 is 5.91 Å². The van der Waals surface area contributed by atoms with E-state index in [1.54, 1.807) is 12.1 Å². The SMILES string of the molecule is Cc1noc(C)c1COc1ccc(CC(=O)N(Cc2ccc(C(N)=O)cc2)C2CC2)cc1. The van der Waals surface area contributed by atoms with Gasteiger partial charge < -0.3 is 19.9 Å². The lowest BCUT2D eigenvalue weighted by Crippen LogP contribution is -2.33. The monoisotopic (exact) mass is 433 g/mol. The van der Waals surface area contributed by atoms with E-state index in [-0.39, 0.29) is 11.9 Å². The summed E-state index contributed by atoms with van der Waals surface area (Å²) in [5.41, 5.74) is 9.48. The van der Waals surface area contributed by atoms with Crippen molar-refractivity contribution in [3.05, 3.63) is 82.2 Å². The van der Waals surface area contributed by atoms with Gasteiger partial charge in [0.05, 0.1) is 17.7 Å². The van der Waals surface area contributed by atoms with E-state index in [0.717, 1.165) is 46.7 Å². The Kier molecular flexibility index (Phi) is 6.25. The molecule has 0 radical (unpaired) electrons. The average Bonchev–Trinajstić information content (AvgIpc) is 3.57. The van der Waals surface area contributed by atoms with Crippen molar-refractivity contribution < 1.29 is 18.8 Å². The molecule has 0 saturated heterocycles. The topological polar surface area (TPSA) is 98.7 Å². The summed E-state index contributed by atoms with van der Waals surface area (Å²) in [6.45, 7) is 4.68. The van der Waals surface area contributed by atoms with Gasteiger partial charge in [-0.1, -0.05) is 29.4 Å². The molecule has 0 aliphatic heterocycles. The fourth-order valence-electron chi connectivity index (χ4n) is 3.62. The van der Waals surface area contributed by atoms with Gasteiger partial charge in [0.2, 0.25) is 11.8 Å². The fraction of sp³-hybridized carbons (Fsp3) is 0.320. The molecule has 0 atom stereocenters. The number of primary amides is 1. The minimum Gasteiger partial charge on any atom is -0.489 e. The number of nitrogens with two attached hydrogens (primary N) is 1. The Labute approximate surface area is 187 Å². The maximum atomic E-state index is 13.0. The van der Waals surface area contributed by atoms with Crippen molar-refractivity contribution >= 4 is 11.8 Å². The maximum absolute atomic E-state index is 13.0. The number of aryl methyl sites for hydroxylation is 2. The van der Waals surface area contributed by atoms with E-state index in [1.807, 2.05) is 55.1 Å². The Morgan fingerprint density at radius 3 is 2.28 bits per heavy atom. The largest absolute Gasteiger partial charge is 0.489 e. The lowest BCUT2D eigenvalue weighted by atomic mass is 10.1. The van der Waals surface area contributed by atoms with E-state index in [0.29, 0.717) is 25.1 Å². The minimum atomic E-state index is -0.453. The van der Waals surface area contributed by atoms with Gasteiger partial charge in [-0.15, -0.1) is 0 Å². The fourth-order valence-corrected chi connectivity index (χ4v) is 3.62. The third-order valence-corrected chi connectivity index (χ3v) is 5.74. The number of hydrogen-bond acceptors (Lipinski definition) is 5. The predicted octanol–water partition coefficient (Wildman–Crippen LogP) is 3.70. The van der Waals surface area contributed by atoms with Crippen LogP contribution in [0.4, 0.5) is 0 Å². The van der Waals surface area contributed by atoms with Crippen molar-refractivity contribution in [1.82, 2.24) is 10.1 Å². The summed E-state index contributed by atoms with van der Waals surface area (Å²) >= 11 is 0. The van der Waals surface area contributed by atoms with Crippen LogP contribution < -0.4 is 10.5 Å². The van der Waals surface area contributed by atoms with Crippen LogP contribution in [0.3, 0.4) is 0 Å². The Hall–Kier alpha value is -3.61. The molecule has 2 aromatic carbocycles. The van der Waals surface area contributed by atoms with Gasteiger partial charge >= 0.3 is 0 Å².